The summed E-state index contributed by atoms with van der Waals surface area (Å²) in [5.41, 5.74) is 2.11. The van der Waals surface area contributed by atoms with Crippen LogP contribution in [0.2, 0.25) is 0 Å². The van der Waals surface area contributed by atoms with Crippen LogP contribution in [-0.2, 0) is 25.4 Å². The zero-order valence-corrected chi connectivity index (χ0v) is 17.9. The first-order valence-electron chi connectivity index (χ1n) is 10.3. The fraction of sp³-hybridized carbons (Fsp3) is 0.333. The highest BCUT2D eigenvalue weighted by Gasteiger charge is 2.37. The summed E-state index contributed by atoms with van der Waals surface area (Å²) in [6, 6.07) is 12.8. The van der Waals surface area contributed by atoms with E-state index in [1.54, 1.807) is 24.4 Å². The van der Waals surface area contributed by atoms with Crippen LogP contribution in [0.5, 0.6) is 5.75 Å². The molecule has 0 amide bonds. The van der Waals surface area contributed by atoms with Crippen LogP contribution in [0.15, 0.2) is 48.7 Å². The molecule has 0 aliphatic carbocycles. The first-order valence-corrected chi connectivity index (χ1v) is 10.3. The Morgan fingerprint density at radius 2 is 1.71 bits per heavy atom. The van der Waals surface area contributed by atoms with Crippen molar-refractivity contribution >= 4 is 5.82 Å². The number of alkyl halides is 3. The third-order valence-corrected chi connectivity index (χ3v) is 5.17. The molecule has 0 fully saturated rings. The van der Waals surface area contributed by atoms with Gasteiger partial charge in [-0.05, 0) is 42.5 Å². The van der Waals surface area contributed by atoms with Crippen LogP contribution in [0.1, 0.15) is 36.2 Å². The molecule has 1 aromatic carbocycles. The topological polar surface area (TPSA) is 47.0 Å². The van der Waals surface area contributed by atoms with E-state index in [-0.39, 0.29) is 24.3 Å². The van der Waals surface area contributed by atoms with E-state index in [9.17, 15) is 13.2 Å². The smallest absolute Gasteiger partial charge is 0.433 e. The molecule has 0 aliphatic rings. The number of nitrogens with one attached hydrogen (secondary N) is 1. The van der Waals surface area contributed by atoms with Gasteiger partial charge in [-0.3, -0.25) is 0 Å². The largest absolute Gasteiger partial charge is 0.496 e. The monoisotopic (exact) mass is 429 g/mol. The molecule has 1 N–H and O–H groups in total. The number of hydrogen-bond donors (Lipinski definition) is 1. The van der Waals surface area contributed by atoms with Gasteiger partial charge in [0.1, 0.15) is 11.6 Å². The summed E-state index contributed by atoms with van der Waals surface area (Å²) in [5, 5.41) is 3.04. The van der Waals surface area contributed by atoms with E-state index in [1.807, 2.05) is 38.1 Å². The third-order valence-electron chi connectivity index (χ3n) is 5.17. The SMILES string of the molecule is CCc1cccc(CC)c1-c1cc(OC)c(CCNc2ccccn2)c(C(F)(F)F)n1. The molecule has 2 heterocycles. The summed E-state index contributed by atoms with van der Waals surface area (Å²) in [5.74, 6) is 0.789. The van der Waals surface area contributed by atoms with Gasteiger partial charge in [0.05, 0.1) is 12.8 Å². The summed E-state index contributed by atoms with van der Waals surface area (Å²) >= 11 is 0. The predicted molar refractivity (Wildman–Crippen MR) is 116 cm³/mol. The quantitative estimate of drug-likeness (QED) is 0.481. The molecular formula is C24H26F3N3O. The third kappa shape index (κ3) is 5.16. The van der Waals surface area contributed by atoms with Crippen molar-refractivity contribution in [3.63, 3.8) is 0 Å². The van der Waals surface area contributed by atoms with Crippen LogP contribution in [0.4, 0.5) is 19.0 Å². The van der Waals surface area contributed by atoms with Gasteiger partial charge < -0.3 is 10.1 Å². The van der Waals surface area contributed by atoms with Crippen molar-refractivity contribution < 1.29 is 17.9 Å². The first kappa shape index (κ1) is 22.6. The van der Waals surface area contributed by atoms with E-state index in [4.69, 9.17) is 4.74 Å². The lowest BCUT2D eigenvalue weighted by atomic mass is 9.93. The molecule has 0 unspecified atom stereocenters. The fourth-order valence-electron chi connectivity index (χ4n) is 3.69. The fourth-order valence-corrected chi connectivity index (χ4v) is 3.69. The van der Waals surface area contributed by atoms with Crippen molar-refractivity contribution in [2.75, 3.05) is 19.0 Å². The average molecular weight is 429 g/mol. The van der Waals surface area contributed by atoms with E-state index < -0.39 is 11.9 Å². The lowest BCUT2D eigenvalue weighted by molar-refractivity contribution is -0.141. The number of pyridine rings is 2. The molecule has 0 atom stereocenters. The first-order chi connectivity index (χ1) is 14.9. The minimum absolute atomic E-state index is 0.0363. The van der Waals surface area contributed by atoms with Crippen LogP contribution in [0.25, 0.3) is 11.3 Å². The normalized spacial score (nSPS) is 11.4. The second-order valence-corrected chi connectivity index (χ2v) is 7.08. The highest BCUT2D eigenvalue weighted by atomic mass is 19.4. The summed E-state index contributed by atoms with van der Waals surface area (Å²) in [6.45, 7) is 4.24. The lowest BCUT2D eigenvalue weighted by Gasteiger charge is -2.20. The summed E-state index contributed by atoms with van der Waals surface area (Å²) < 4.78 is 47.5. The molecule has 3 aromatic rings. The van der Waals surface area contributed by atoms with Crippen LogP contribution < -0.4 is 10.1 Å². The van der Waals surface area contributed by atoms with Crippen molar-refractivity contribution in [1.82, 2.24) is 9.97 Å². The molecular weight excluding hydrogens is 403 g/mol. The second kappa shape index (κ2) is 9.81. The Hall–Kier alpha value is -3.09. The Balaban J connectivity index is 2.06. The zero-order chi connectivity index (χ0) is 22.4. The molecule has 4 nitrogen and oxygen atoms in total. The summed E-state index contributed by atoms with van der Waals surface area (Å²) in [4.78, 5) is 8.25. The number of nitrogens with zero attached hydrogens (tertiary/aromatic N) is 2. The number of aromatic nitrogens is 2. The van der Waals surface area contributed by atoms with Gasteiger partial charge in [0.15, 0.2) is 5.69 Å². The standard InChI is InChI=1S/C24H26F3N3O/c1-4-16-9-8-10-17(5-2)22(16)19-15-20(31-3)18(23(30-19)24(25,26)27)12-14-29-21-11-6-7-13-28-21/h6-11,13,15H,4-5,12,14H2,1-3H3,(H,28,29). The Kier molecular flexibility index (Phi) is 7.15. The van der Waals surface area contributed by atoms with E-state index in [1.165, 1.54) is 7.11 Å². The van der Waals surface area contributed by atoms with Gasteiger partial charge in [0, 0.05) is 29.9 Å². The Morgan fingerprint density at radius 3 is 2.26 bits per heavy atom. The number of ether oxygens (including phenoxy) is 1. The maximum atomic E-state index is 14.0. The highest BCUT2D eigenvalue weighted by molar-refractivity contribution is 5.70. The van der Waals surface area contributed by atoms with Crippen LogP contribution in [0, 0.1) is 0 Å². The van der Waals surface area contributed by atoms with E-state index >= 15 is 0 Å². The number of halogens is 3. The van der Waals surface area contributed by atoms with Gasteiger partial charge in [0.2, 0.25) is 0 Å². The predicted octanol–water partition coefficient (Wildman–Crippen LogP) is 5.95. The van der Waals surface area contributed by atoms with E-state index in [0.29, 0.717) is 24.4 Å². The van der Waals surface area contributed by atoms with Crippen molar-refractivity contribution in [1.29, 1.82) is 0 Å². The number of hydrogen-bond acceptors (Lipinski definition) is 4. The van der Waals surface area contributed by atoms with Crippen molar-refractivity contribution in [3.05, 3.63) is 71.0 Å². The molecule has 164 valence electrons. The van der Waals surface area contributed by atoms with Crippen LogP contribution in [-0.4, -0.2) is 23.6 Å². The molecule has 0 aliphatic heterocycles. The molecule has 0 saturated heterocycles. The molecule has 31 heavy (non-hydrogen) atoms. The Labute approximate surface area is 180 Å². The van der Waals surface area contributed by atoms with E-state index in [2.05, 4.69) is 15.3 Å². The van der Waals surface area contributed by atoms with Gasteiger partial charge in [-0.1, -0.05) is 38.1 Å². The average Bonchev–Trinajstić information content (AvgIpc) is 2.78. The minimum atomic E-state index is -4.60. The van der Waals surface area contributed by atoms with Gasteiger partial charge in [0.25, 0.3) is 0 Å². The van der Waals surface area contributed by atoms with Gasteiger partial charge in [-0.15, -0.1) is 0 Å². The molecule has 2 aromatic heterocycles. The molecule has 0 radical (unpaired) electrons. The molecule has 0 bridgehead atoms. The molecule has 0 saturated carbocycles. The number of aryl methyl sites for hydroxylation is 2. The number of rotatable bonds is 8. The summed E-state index contributed by atoms with van der Waals surface area (Å²) in [7, 11) is 1.39. The van der Waals surface area contributed by atoms with Crippen LogP contribution >= 0.6 is 0 Å². The maximum absolute atomic E-state index is 14.0. The van der Waals surface area contributed by atoms with E-state index in [0.717, 1.165) is 16.7 Å². The molecule has 0 spiro atoms. The van der Waals surface area contributed by atoms with Crippen LogP contribution in [0.3, 0.4) is 0 Å². The zero-order valence-electron chi connectivity index (χ0n) is 17.9. The number of methoxy groups -OCH3 is 1. The number of anilines is 1. The molecule has 7 heteroatoms. The number of benzene rings is 1. The second-order valence-electron chi connectivity index (χ2n) is 7.08. The maximum Gasteiger partial charge on any atom is 0.433 e. The van der Waals surface area contributed by atoms with Crippen molar-refractivity contribution in [3.8, 4) is 17.0 Å². The minimum Gasteiger partial charge on any atom is -0.496 e. The molecule has 3 rings (SSSR count). The Morgan fingerprint density at radius 1 is 1.00 bits per heavy atom. The van der Waals surface area contributed by atoms with Crippen molar-refractivity contribution in [2.45, 2.75) is 39.3 Å². The summed E-state index contributed by atoms with van der Waals surface area (Å²) in [6.07, 6.45) is -1.49. The van der Waals surface area contributed by atoms with Gasteiger partial charge in [-0.2, -0.15) is 13.2 Å². The van der Waals surface area contributed by atoms with Crippen molar-refractivity contribution in [2.24, 2.45) is 0 Å². The van der Waals surface area contributed by atoms with Gasteiger partial charge in [-0.25, -0.2) is 9.97 Å². The van der Waals surface area contributed by atoms with Gasteiger partial charge >= 0.3 is 6.18 Å². The highest BCUT2D eigenvalue weighted by Crippen LogP contribution is 2.39. The lowest BCUT2D eigenvalue weighted by Crippen LogP contribution is -2.17. The Bertz CT molecular complexity index is 998.